The molecular formula is C22H15NO. The Bertz CT molecular complexity index is 1100. The molecule has 0 spiro atoms. The maximum absolute atomic E-state index is 6.23. The van der Waals surface area contributed by atoms with Crippen molar-refractivity contribution in [3.05, 3.63) is 78.4 Å². The van der Waals surface area contributed by atoms with E-state index in [1.54, 1.807) is 0 Å². The molecule has 5 rings (SSSR count). The van der Waals surface area contributed by atoms with E-state index < -0.39 is 0 Å². The van der Waals surface area contributed by atoms with E-state index in [2.05, 4.69) is 43.3 Å². The smallest absolute Gasteiger partial charge is 0.136 e. The van der Waals surface area contributed by atoms with Crippen LogP contribution in [0.2, 0.25) is 0 Å². The van der Waals surface area contributed by atoms with Crippen molar-refractivity contribution in [2.45, 2.75) is 6.92 Å². The topological polar surface area (TPSA) is 22.1 Å². The van der Waals surface area contributed by atoms with Crippen LogP contribution in [0.1, 0.15) is 5.56 Å². The molecular weight excluding hydrogens is 294 g/mol. The minimum atomic E-state index is 0.856. The third-order valence-electron chi connectivity index (χ3n) is 4.51. The quantitative estimate of drug-likeness (QED) is 0.351. The maximum atomic E-state index is 6.23. The molecule has 24 heavy (non-hydrogen) atoms. The molecule has 1 aliphatic heterocycles. The Labute approximate surface area is 140 Å². The van der Waals surface area contributed by atoms with Gasteiger partial charge < -0.3 is 4.74 Å². The van der Waals surface area contributed by atoms with Gasteiger partial charge in [-0.1, -0.05) is 48.0 Å². The van der Waals surface area contributed by atoms with Gasteiger partial charge in [-0.2, -0.15) is 0 Å². The molecule has 0 unspecified atom stereocenters. The zero-order valence-corrected chi connectivity index (χ0v) is 13.3. The molecule has 3 aromatic carbocycles. The highest BCUT2D eigenvalue weighted by molar-refractivity contribution is 5.95. The van der Waals surface area contributed by atoms with Gasteiger partial charge in [0, 0.05) is 22.1 Å². The number of fused-ring (bicyclic) bond motifs is 6. The summed E-state index contributed by atoms with van der Waals surface area (Å²) in [6.45, 7) is 2.10. The normalized spacial score (nSPS) is 11.9. The first-order valence-corrected chi connectivity index (χ1v) is 8.08. The number of pyridine rings is 1. The summed E-state index contributed by atoms with van der Waals surface area (Å²) in [6, 6.07) is 24.9. The van der Waals surface area contributed by atoms with Gasteiger partial charge in [-0.15, -0.1) is 0 Å². The second-order valence-electron chi connectivity index (χ2n) is 6.18. The fourth-order valence-electron chi connectivity index (χ4n) is 3.34. The molecule has 2 nitrogen and oxygen atoms in total. The van der Waals surface area contributed by atoms with Crippen molar-refractivity contribution in [2.75, 3.05) is 0 Å². The van der Waals surface area contributed by atoms with E-state index in [0.29, 0.717) is 0 Å². The molecule has 0 amide bonds. The third-order valence-corrected chi connectivity index (χ3v) is 4.51. The van der Waals surface area contributed by atoms with Crippen LogP contribution in [0.5, 0.6) is 11.5 Å². The number of nitrogens with zero attached hydrogens (tertiary/aromatic N) is 1. The van der Waals surface area contributed by atoms with Gasteiger partial charge in [0.25, 0.3) is 0 Å². The van der Waals surface area contributed by atoms with Gasteiger partial charge in [0.2, 0.25) is 0 Å². The molecule has 4 aromatic rings. The largest absolute Gasteiger partial charge is 0.456 e. The Morgan fingerprint density at radius 1 is 0.708 bits per heavy atom. The van der Waals surface area contributed by atoms with Crippen molar-refractivity contribution >= 4 is 10.9 Å². The number of para-hydroxylation sites is 2. The van der Waals surface area contributed by atoms with Crippen LogP contribution in [0.15, 0.2) is 72.8 Å². The summed E-state index contributed by atoms with van der Waals surface area (Å²) < 4.78 is 6.23. The van der Waals surface area contributed by atoms with Crippen molar-refractivity contribution in [3.8, 4) is 33.9 Å². The molecule has 0 bridgehead atoms. The zero-order chi connectivity index (χ0) is 16.1. The van der Waals surface area contributed by atoms with E-state index in [-0.39, 0.29) is 0 Å². The lowest BCUT2D eigenvalue weighted by molar-refractivity contribution is 0.487. The average Bonchev–Trinajstić information content (AvgIpc) is 2.75. The molecule has 1 aromatic heterocycles. The molecule has 0 N–H and O–H groups in total. The Hall–Kier alpha value is -3.13. The average molecular weight is 309 g/mol. The highest BCUT2D eigenvalue weighted by Crippen LogP contribution is 2.46. The summed E-state index contributed by atoms with van der Waals surface area (Å²) in [6.07, 6.45) is 0. The lowest BCUT2D eigenvalue weighted by atomic mass is 9.97. The fourth-order valence-corrected chi connectivity index (χ4v) is 3.34. The lowest BCUT2D eigenvalue weighted by Crippen LogP contribution is -1.90. The van der Waals surface area contributed by atoms with Crippen LogP contribution in [0, 0.1) is 6.92 Å². The number of ether oxygens (including phenoxy) is 1. The summed E-state index contributed by atoms with van der Waals surface area (Å²) in [5.41, 5.74) is 6.44. The maximum Gasteiger partial charge on any atom is 0.136 e. The molecule has 0 saturated carbocycles. The van der Waals surface area contributed by atoms with Gasteiger partial charge in [0.1, 0.15) is 11.5 Å². The Kier molecular flexibility index (Phi) is 2.74. The van der Waals surface area contributed by atoms with Gasteiger partial charge in [0.15, 0.2) is 0 Å². The van der Waals surface area contributed by atoms with Gasteiger partial charge >= 0.3 is 0 Å². The summed E-state index contributed by atoms with van der Waals surface area (Å²) in [5, 5.41) is 1.14. The van der Waals surface area contributed by atoms with Crippen molar-refractivity contribution in [1.29, 1.82) is 0 Å². The minimum Gasteiger partial charge on any atom is -0.456 e. The predicted molar refractivity (Wildman–Crippen MR) is 97.4 cm³/mol. The molecule has 1 aliphatic rings. The summed E-state index contributed by atoms with van der Waals surface area (Å²) in [7, 11) is 0. The molecule has 0 fully saturated rings. The van der Waals surface area contributed by atoms with E-state index in [1.807, 2.05) is 36.4 Å². The molecule has 0 radical (unpaired) electrons. The number of hydrogen-bond donors (Lipinski definition) is 0. The second kappa shape index (κ2) is 4.93. The van der Waals surface area contributed by atoms with Crippen molar-refractivity contribution < 1.29 is 4.74 Å². The predicted octanol–water partition coefficient (Wildman–Crippen LogP) is 5.98. The first-order chi connectivity index (χ1) is 11.8. The van der Waals surface area contributed by atoms with E-state index in [9.17, 15) is 0 Å². The van der Waals surface area contributed by atoms with Crippen molar-refractivity contribution in [3.63, 3.8) is 0 Å². The molecule has 2 heterocycles. The first-order valence-electron chi connectivity index (χ1n) is 8.08. The van der Waals surface area contributed by atoms with Crippen LogP contribution in [-0.4, -0.2) is 4.98 Å². The minimum absolute atomic E-state index is 0.856. The molecule has 2 heteroatoms. The Balaban J connectivity index is 1.95. The molecule has 0 aliphatic carbocycles. The zero-order valence-electron chi connectivity index (χ0n) is 13.3. The van der Waals surface area contributed by atoms with E-state index in [1.165, 1.54) is 5.56 Å². The Morgan fingerprint density at radius 2 is 1.50 bits per heavy atom. The van der Waals surface area contributed by atoms with Crippen LogP contribution in [-0.2, 0) is 0 Å². The Morgan fingerprint density at radius 3 is 2.46 bits per heavy atom. The number of aromatic nitrogens is 1. The monoisotopic (exact) mass is 309 g/mol. The lowest BCUT2D eigenvalue weighted by Gasteiger charge is -2.10. The summed E-state index contributed by atoms with van der Waals surface area (Å²) >= 11 is 0. The number of benzene rings is 3. The summed E-state index contributed by atoms with van der Waals surface area (Å²) in [4.78, 5) is 4.98. The van der Waals surface area contributed by atoms with Crippen molar-refractivity contribution in [2.24, 2.45) is 0 Å². The van der Waals surface area contributed by atoms with Crippen LogP contribution in [0.4, 0.5) is 0 Å². The van der Waals surface area contributed by atoms with Crippen LogP contribution >= 0.6 is 0 Å². The van der Waals surface area contributed by atoms with Crippen LogP contribution in [0.3, 0.4) is 0 Å². The molecule has 0 atom stereocenters. The van der Waals surface area contributed by atoms with Crippen molar-refractivity contribution in [1.82, 2.24) is 4.98 Å². The highest BCUT2D eigenvalue weighted by Gasteiger charge is 2.22. The molecule has 0 saturated heterocycles. The van der Waals surface area contributed by atoms with Gasteiger partial charge in [0.05, 0.1) is 11.2 Å². The van der Waals surface area contributed by atoms with Gasteiger partial charge in [-0.25, -0.2) is 4.98 Å². The van der Waals surface area contributed by atoms with Crippen LogP contribution < -0.4 is 4.74 Å². The number of hydrogen-bond acceptors (Lipinski definition) is 2. The third kappa shape index (κ3) is 1.93. The van der Waals surface area contributed by atoms with Gasteiger partial charge in [-0.3, -0.25) is 0 Å². The van der Waals surface area contributed by atoms with E-state index in [0.717, 1.165) is 44.8 Å². The van der Waals surface area contributed by atoms with E-state index >= 15 is 0 Å². The molecule has 114 valence electrons. The fraction of sp³-hybridized carbons (Fsp3) is 0.0455. The first kappa shape index (κ1) is 13.3. The highest BCUT2D eigenvalue weighted by atomic mass is 16.5. The van der Waals surface area contributed by atoms with Crippen LogP contribution in [0.25, 0.3) is 33.3 Å². The SMILES string of the molecule is Cc1ccc2c(c1)-c1nc3ccccc3cc1-c1ccccc1O2. The van der Waals surface area contributed by atoms with Gasteiger partial charge in [-0.05, 0) is 37.3 Å². The van der Waals surface area contributed by atoms with E-state index in [4.69, 9.17) is 9.72 Å². The number of aryl methyl sites for hydroxylation is 1. The number of rotatable bonds is 0. The summed E-state index contributed by atoms with van der Waals surface area (Å²) in [5.74, 6) is 1.73. The standard InChI is InChI=1S/C22H15NO/c1-14-10-11-21-18(12-14)22-17(16-7-3-5-9-20(16)24-21)13-15-6-2-4-8-19(15)23-22/h2-13H,1H3. The second-order valence-corrected chi connectivity index (χ2v) is 6.18.